The molecule has 19 heavy (non-hydrogen) atoms. The van der Waals surface area contributed by atoms with E-state index >= 15 is 0 Å². The van der Waals surface area contributed by atoms with Crippen molar-refractivity contribution in [1.82, 2.24) is 5.32 Å². The molecule has 1 aromatic carbocycles. The lowest BCUT2D eigenvalue weighted by atomic mass is 9.94. The van der Waals surface area contributed by atoms with Gasteiger partial charge in [0.05, 0.1) is 12.2 Å². The number of benzene rings is 1. The van der Waals surface area contributed by atoms with Crippen LogP contribution in [0.4, 0.5) is 0 Å². The van der Waals surface area contributed by atoms with Gasteiger partial charge in [0.15, 0.2) is 0 Å². The minimum absolute atomic E-state index is 0.354. The number of fused-ring (bicyclic) bond motifs is 1. The highest BCUT2D eigenvalue weighted by atomic mass is 35.5. The third kappa shape index (κ3) is 3.85. The van der Waals surface area contributed by atoms with E-state index in [-0.39, 0.29) is 0 Å². The van der Waals surface area contributed by atoms with Crippen molar-refractivity contribution in [2.45, 2.75) is 45.3 Å². The van der Waals surface area contributed by atoms with E-state index in [0.717, 1.165) is 23.3 Å². The smallest absolute Gasteiger partial charge is 0.126 e. The van der Waals surface area contributed by atoms with E-state index < -0.39 is 5.60 Å². The highest BCUT2D eigenvalue weighted by molar-refractivity contribution is 6.30. The van der Waals surface area contributed by atoms with Crippen LogP contribution in [0.25, 0.3) is 0 Å². The third-order valence-electron chi connectivity index (χ3n) is 3.29. The molecule has 0 saturated carbocycles. The van der Waals surface area contributed by atoms with Crippen molar-refractivity contribution >= 4 is 11.6 Å². The first-order valence-electron chi connectivity index (χ1n) is 6.77. The van der Waals surface area contributed by atoms with E-state index in [1.807, 2.05) is 19.1 Å². The van der Waals surface area contributed by atoms with Crippen molar-refractivity contribution in [3.63, 3.8) is 0 Å². The van der Waals surface area contributed by atoms with Crippen molar-refractivity contribution in [3.8, 4) is 5.75 Å². The zero-order valence-corrected chi connectivity index (χ0v) is 12.5. The normalized spacial score (nSPS) is 17.2. The molecule has 0 saturated heterocycles. The van der Waals surface area contributed by atoms with Gasteiger partial charge >= 0.3 is 0 Å². The minimum Gasteiger partial charge on any atom is -0.493 e. The Morgan fingerprint density at radius 1 is 1.47 bits per heavy atom. The Balaban J connectivity index is 2.14. The van der Waals surface area contributed by atoms with E-state index in [1.54, 1.807) is 0 Å². The van der Waals surface area contributed by atoms with Gasteiger partial charge < -0.3 is 15.2 Å². The maximum Gasteiger partial charge on any atom is 0.126 e. The lowest BCUT2D eigenvalue weighted by Gasteiger charge is -2.26. The second kappa shape index (κ2) is 5.70. The molecule has 1 heterocycles. The second-order valence-electron chi connectivity index (χ2n) is 5.86. The molecular weight excluding hydrogens is 262 g/mol. The van der Waals surface area contributed by atoms with Gasteiger partial charge in [-0.2, -0.15) is 0 Å². The lowest BCUT2D eigenvalue weighted by Crippen LogP contribution is -2.42. The standard InChI is InChI=1S/C15H22ClNO2/c1-10(2)17-9-15(3,18)8-12-7-13(16)6-11-4-5-19-14(11)12/h6-7,10,17-18H,4-5,8-9H2,1-3H3. The molecule has 1 atom stereocenters. The monoisotopic (exact) mass is 283 g/mol. The molecule has 4 heteroatoms. The van der Waals surface area contributed by atoms with Gasteiger partial charge in [0, 0.05) is 30.5 Å². The molecule has 1 unspecified atom stereocenters. The molecule has 0 bridgehead atoms. The second-order valence-corrected chi connectivity index (χ2v) is 6.30. The number of hydrogen-bond acceptors (Lipinski definition) is 3. The van der Waals surface area contributed by atoms with Crippen molar-refractivity contribution < 1.29 is 9.84 Å². The molecule has 2 N–H and O–H groups in total. The first kappa shape index (κ1) is 14.6. The number of halogens is 1. The van der Waals surface area contributed by atoms with Gasteiger partial charge in [0.2, 0.25) is 0 Å². The van der Waals surface area contributed by atoms with Crippen molar-refractivity contribution in [2.24, 2.45) is 0 Å². The fourth-order valence-electron chi connectivity index (χ4n) is 2.37. The summed E-state index contributed by atoms with van der Waals surface area (Å²) >= 11 is 6.13. The van der Waals surface area contributed by atoms with Crippen LogP contribution in [0.2, 0.25) is 5.02 Å². The average Bonchev–Trinajstić information content (AvgIpc) is 2.74. The van der Waals surface area contributed by atoms with Crippen molar-refractivity contribution in [2.75, 3.05) is 13.2 Å². The largest absolute Gasteiger partial charge is 0.493 e. The average molecular weight is 284 g/mol. The zero-order valence-electron chi connectivity index (χ0n) is 11.8. The Bertz CT molecular complexity index is 458. The van der Waals surface area contributed by atoms with Gasteiger partial charge in [-0.1, -0.05) is 25.4 Å². The summed E-state index contributed by atoms with van der Waals surface area (Å²) in [5.41, 5.74) is 1.33. The third-order valence-corrected chi connectivity index (χ3v) is 3.51. The molecule has 0 fully saturated rings. The van der Waals surface area contributed by atoms with Crippen LogP contribution in [0.3, 0.4) is 0 Å². The maximum absolute atomic E-state index is 10.5. The topological polar surface area (TPSA) is 41.5 Å². The maximum atomic E-state index is 10.5. The van der Waals surface area contributed by atoms with Crippen molar-refractivity contribution in [1.29, 1.82) is 0 Å². The predicted octanol–water partition coefficient (Wildman–Crippen LogP) is 2.57. The highest BCUT2D eigenvalue weighted by Gasteiger charge is 2.26. The fourth-order valence-corrected chi connectivity index (χ4v) is 2.64. The van der Waals surface area contributed by atoms with Crippen LogP contribution in [0, 0.1) is 0 Å². The summed E-state index contributed by atoms with van der Waals surface area (Å²) in [5.74, 6) is 0.911. The number of nitrogens with one attached hydrogen (secondary N) is 1. The predicted molar refractivity (Wildman–Crippen MR) is 78.1 cm³/mol. The van der Waals surface area contributed by atoms with Crippen LogP contribution >= 0.6 is 11.6 Å². The van der Waals surface area contributed by atoms with Gasteiger partial charge in [-0.25, -0.2) is 0 Å². The van der Waals surface area contributed by atoms with E-state index in [9.17, 15) is 5.11 Å². The zero-order chi connectivity index (χ0) is 14.0. The summed E-state index contributed by atoms with van der Waals surface area (Å²) in [6.45, 7) is 7.22. The van der Waals surface area contributed by atoms with Gasteiger partial charge in [-0.05, 0) is 30.2 Å². The number of hydrogen-bond donors (Lipinski definition) is 2. The van der Waals surface area contributed by atoms with E-state index in [0.29, 0.717) is 30.6 Å². The summed E-state index contributed by atoms with van der Waals surface area (Å²) in [5, 5.41) is 14.5. The Labute approximate surface area is 119 Å². The van der Waals surface area contributed by atoms with E-state index in [4.69, 9.17) is 16.3 Å². The summed E-state index contributed by atoms with van der Waals surface area (Å²) < 4.78 is 5.67. The molecular formula is C15H22ClNO2. The molecule has 0 radical (unpaired) electrons. The molecule has 106 valence electrons. The first-order chi connectivity index (χ1) is 8.87. The highest BCUT2D eigenvalue weighted by Crippen LogP contribution is 2.34. The molecule has 2 rings (SSSR count). The molecule has 1 aromatic rings. The summed E-state index contributed by atoms with van der Waals surface area (Å²) in [6.07, 6.45) is 1.44. The summed E-state index contributed by atoms with van der Waals surface area (Å²) in [6, 6.07) is 4.21. The number of rotatable bonds is 5. The van der Waals surface area contributed by atoms with E-state index in [1.165, 1.54) is 0 Å². The quantitative estimate of drug-likeness (QED) is 0.873. The van der Waals surface area contributed by atoms with Crippen LogP contribution < -0.4 is 10.1 Å². The molecule has 0 spiro atoms. The van der Waals surface area contributed by atoms with Gasteiger partial charge in [-0.3, -0.25) is 0 Å². The first-order valence-corrected chi connectivity index (χ1v) is 7.15. The molecule has 0 aromatic heterocycles. The van der Waals surface area contributed by atoms with Crippen LogP contribution in [-0.2, 0) is 12.8 Å². The van der Waals surface area contributed by atoms with Crippen LogP contribution in [0.15, 0.2) is 12.1 Å². The molecule has 1 aliphatic heterocycles. The van der Waals surface area contributed by atoms with Gasteiger partial charge in [0.1, 0.15) is 5.75 Å². The fraction of sp³-hybridized carbons (Fsp3) is 0.600. The number of ether oxygens (including phenoxy) is 1. The molecule has 1 aliphatic rings. The minimum atomic E-state index is -0.811. The van der Waals surface area contributed by atoms with Crippen LogP contribution in [0.1, 0.15) is 31.9 Å². The summed E-state index contributed by atoms with van der Waals surface area (Å²) in [4.78, 5) is 0. The van der Waals surface area contributed by atoms with E-state index in [2.05, 4.69) is 19.2 Å². The molecule has 3 nitrogen and oxygen atoms in total. The Morgan fingerprint density at radius 3 is 2.89 bits per heavy atom. The van der Waals surface area contributed by atoms with Crippen molar-refractivity contribution in [3.05, 3.63) is 28.3 Å². The van der Waals surface area contributed by atoms with Gasteiger partial charge in [0.25, 0.3) is 0 Å². The van der Waals surface area contributed by atoms with Crippen LogP contribution in [0.5, 0.6) is 5.75 Å². The summed E-state index contributed by atoms with van der Waals surface area (Å²) in [7, 11) is 0. The Morgan fingerprint density at radius 2 is 2.21 bits per heavy atom. The molecule has 0 amide bonds. The van der Waals surface area contributed by atoms with Gasteiger partial charge in [-0.15, -0.1) is 0 Å². The van der Waals surface area contributed by atoms with Crippen LogP contribution in [-0.4, -0.2) is 29.9 Å². The number of aliphatic hydroxyl groups is 1. The lowest BCUT2D eigenvalue weighted by molar-refractivity contribution is 0.0575. The molecule has 0 aliphatic carbocycles. The SMILES string of the molecule is CC(C)NCC(C)(O)Cc1cc(Cl)cc2c1OCC2. The Hall–Kier alpha value is -0.770. The Kier molecular flexibility index (Phi) is 4.39.